The predicted octanol–water partition coefficient (Wildman–Crippen LogP) is 2.67. The zero-order chi connectivity index (χ0) is 14.3. The molecule has 0 saturated heterocycles. The van der Waals surface area contributed by atoms with Crippen molar-refractivity contribution in [3.63, 3.8) is 0 Å². The van der Waals surface area contributed by atoms with Gasteiger partial charge in [-0.3, -0.25) is 4.55 Å². The summed E-state index contributed by atoms with van der Waals surface area (Å²) in [5.41, 5.74) is 2.21. The Morgan fingerprint density at radius 2 is 2.00 bits per heavy atom. The molecule has 4 nitrogen and oxygen atoms in total. The molecule has 19 heavy (non-hydrogen) atoms. The third-order valence-electron chi connectivity index (χ3n) is 3.87. The third kappa shape index (κ3) is 3.09. The second kappa shape index (κ2) is 4.80. The van der Waals surface area contributed by atoms with Crippen LogP contribution in [0.15, 0.2) is 24.3 Å². The molecule has 1 unspecified atom stereocenters. The zero-order valence-corrected chi connectivity index (χ0v) is 12.4. The summed E-state index contributed by atoms with van der Waals surface area (Å²) in [6.45, 7) is 6.74. The molecular weight excluding hydrogens is 262 g/mol. The smallest absolute Gasteiger partial charge is 0.266 e. The van der Waals surface area contributed by atoms with Crippen LogP contribution in [0.1, 0.15) is 38.7 Å². The summed E-state index contributed by atoms with van der Waals surface area (Å²) in [5, 5.41) is 0. The minimum atomic E-state index is -3.93. The molecule has 0 spiro atoms. The Hall–Kier alpha value is -1.07. The van der Waals surface area contributed by atoms with Crippen molar-refractivity contribution in [2.24, 2.45) is 0 Å². The van der Waals surface area contributed by atoms with Crippen LogP contribution in [0, 0.1) is 0 Å². The fourth-order valence-electron chi connectivity index (χ4n) is 3.08. The lowest BCUT2D eigenvalue weighted by Gasteiger charge is -2.47. The minimum absolute atomic E-state index is 0.113. The molecule has 1 aromatic carbocycles. The molecular formula is C14H21NO3S. The third-order valence-corrected chi connectivity index (χ3v) is 4.57. The monoisotopic (exact) mass is 283 g/mol. The summed E-state index contributed by atoms with van der Waals surface area (Å²) in [5.74, 6) is 0.215. The SMILES string of the molecule is CC1CC(C)(C)N(CCS(=O)(=O)O)c2ccccc21. The lowest BCUT2D eigenvalue weighted by Crippen LogP contribution is -2.50. The number of anilines is 1. The molecule has 0 aromatic heterocycles. The van der Waals surface area contributed by atoms with E-state index < -0.39 is 10.1 Å². The van der Waals surface area contributed by atoms with Crippen LogP contribution in [0.4, 0.5) is 5.69 Å². The van der Waals surface area contributed by atoms with Crippen LogP contribution in [0.2, 0.25) is 0 Å². The first kappa shape index (κ1) is 14.3. The molecule has 0 amide bonds. The number of para-hydroxylation sites is 1. The van der Waals surface area contributed by atoms with Crippen molar-refractivity contribution in [3.8, 4) is 0 Å². The molecule has 0 fully saturated rings. The number of rotatable bonds is 3. The molecule has 1 N–H and O–H groups in total. The van der Waals surface area contributed by atoms with Gasteiger partial charge in [-0.15, -0.1) is 0 Å². The van der Waals surface area contributed by atoms with Crippen molar-refractivity contribution in [2.75, 3.05) is 17.2 Å². The van der Waals surface area contributed by atoms with Crippen molar-refractivity contribution < 1.29 is 13.0 Å². The van der Waals surface area contributed by atoms with Crippen LogP contribution in [0.3, 0.4) is 0 Å². The van der Waals surface area contributed by atoms with Gasteiger partial charge in [-0.05, 0) is 37.8 Å². The van der Waals surface area contributed by atoms with Crippen molar-refractivity contribution in [2.45, 2.75) is 38.6 Å². The molecule has 1 aliphatic rings. The average molecular weight is 283 g/mol. The van der Waals surface area contributed by atoms with E-state index in [1.54, 1.807) is 0 Å². The Balaban J connectivity index is 2.36. The quantitative estimate of drug-likeness (QED) is 0.866. The molecule has 0 aliphatic carbocycles. The van der Waals surface area contributed by atoms with Gasteiger partial charge in [0.05, 0.1) is 5.75 Å². The molecule has 0 radical (unpaired) electrons. The van der Waals surface area contributed by atoms with E-state index in [2.05, 4.69) is 31.7 Å². The first-order valence-electron chi connectivity index (χ1n) is 6.52. The van der Waals surface area contributed by atoms with Gasteiger partial charge < -0.3 is 4.90 Å². The number of fused-ring (bicyclic) bond motifs is 1. The van der Waals surface area contributed by atoms with Gasteiger partial charge in [0.1, 0.15) is 0 Å². The molecule has 0 saturated carbocycles. The Labute approximate surface area is 115 Å². The highest BCUT2D eigenvalue weighted by atomic mass is 32.2. The van der Waals surface area contributed by atoms with Gasteiger partial charge in [-0.2, -0.15) is 8.42 Å². The average Bonchev–Trinajstić information content (AvgIpc) is 2.26. The lowest BCUT2D eigenvalue weighted by atomic mass is 9.80. The Kier molecular flexibility index (Phi) is 3.62. The Morgan fingerprint density at radius 1 is 1.37 bits per heavy atom. The van der Waals surface area contributed by atoms with Crippen LogP contribution >= 0.6 is 0 Å². The maximum absolute atomic E-state index is 11.0. The largest absolute Gasteiger partial charge is 0.365 e. The van der Waals surface area contributed by atoms with E-state index in [9.17, 15) is 8.42 Å². The van der Waals surface area contributed by atoms with Crippen LogP contribution < -0.4 is 4.90 Å². The summed E-state index contributed by atoms with van der Waals surface area (Å²) in [6, 6.07) is 8.09. The minimum Gasteiger partial charge on any atom is -0.365 e. The van der Waals surface area contributed by atoms with Crippen LogP contribution in [-0.2, 0) is 10.1 Å². The number of nitrogens with zero attached hydrogens (tertiary/aromatic N) is 1. The van der Waals surface area contributed by atoms with E-state index in [4.69, 9.17) is 4.55 Å². The molecule has 1 heterocycles. The normalized spacial score (nSPS) is 22.1. The molecule has 1 aromatic rings. The number of hydrogen-bond acceptors (Lipinski definition) is 3. The van der Waals surface area contributed by atoms with Crippen LogP contribution in [-0.4, -0.2) is 30.8 Å². The first-order chi connectivity index (χ1) is 8.71. The molecule has 1 aliphatic heterocycles. The summed E-state index contributed by atoms with van der Waals surface area (Å²) >= 11 is 0. The second-order valence-corrected chi connectivity index (χ2v) is 7.49. The van der Waals surface area contributed by atoms with Gasteiger partial charge in [0, 0.05) is 17.8 Å². The van der Waals surface area contributed by atoms with E-state index in [1.807, 2.05) is 18.2 Å². The maximum atomic E-state index is 11.0. The Morgan fingerprint density at radius 3 is 2.63 bits per heavy atom. The summed E-state index contributed by atoms with van der Waals surface area (Å²) < 4.78 is 30.9. The summed E-state index contributed by atoms with van der Waals surface area (Å²) in [6.07, 6.45) is 0.968. The van der Waals surface area contributed by atoms with Crippen molar-refractivity contribution in [1.82, 2.24) is 0 Å². The number of hydrogen-bond donors (Lipinski definition) is 1. The van der Waals surface area contributed by atoms with E-state index in [-0.39, 0.29) is 11.3 Å². The fraction of sp³-hybridized carbons (Fsp3) is 0.571. The van der Waals surface area contributed by atoms with Crippen LogP contribution in [0.5, 0.6) is 0 Å². The topological polar surface area (TPSA) is 57.6 Å². The van der Waals surface area contributed by atoms with Crippen molar-refractivity contribution in [1.29, 1.82) is 0 Å². The molecule has 1 atom stereocenters. The summed E-state index contributed by atoms with van der Waals surface area (Å²) in [4.78, 5) is 2.09. The van der Waals surface area contributed by atoms with E-state index in [0.29, 0.717) is 12.5 Å². The van der Waals surface area contributed by atoms with Crippen molar-refractivity contribution >= 4 is 15.8 Å². The van der Waals surface area contributed by atoms with E-state index in [1.165, 1.54) is 5.56 Å². The van der Waals surface area contributed by atoms with Gasteiger partial charge in [0.2, 0.25) is 0 Å². The van der Waals surface area contributed by atoms with Gasteiger partial charge in [0.15, 0.2) is 0 Å². The van der Waals surface area contributed by atoms with Gasteiger partial charge in [0.25, 0.3) is 10.1 Å². The van der Waals surface area contributed by atoms with E-state index >= 15 is 0 Å². The van der Waals surface area contributed by atoms with Gasteiger partial charge in [-0.1, -0.05) is 25.1 Å². The molecule has 5 heteroatoms. The molecule has 2 rings (SSSR count). The summed E-state index contributed by atoms with van der Waals surface area (Å²) in [7, 11) is -3.93. The standard InChI is InChI=1S/C14H21NO3S/c1-11-10-14(2,3)15(8-9-19(16,17)18)13-7-5-4-6-12(11)13/h4-7,11H,8-10H2,1-3H3,(H,16,17,18). The highest BCUT2D eigenvalue weighted by Gasteiger charge is 2.36. The van der Waals surface area contributed by atoms with Crippen LogP contribution in [0.25, 0.3) is 0 Å². The highest BCUT2D eigenvalue weighted by molar-refractivity contribution is 7.85. The second-order valence-electron chi connectivity index (χ2n) is 5.91. The predicted molar refractivity (Wildman–Crippen MR) is 77.3 cm³/mol. The lowest BCUT2D eigenvalue weighted by molar-refractivity contribution is 0.380. The number of benzene rings is 1. The molecule has 106 valence electrons. The van der Waals surface area contributed by atoms with E-state index in [0.717, 1.165) is 12.1 Å². The Bertz CT molecular complexity index is 566. The van der Waals surface area contributed by atoms with Crippen molar-refractivity contribution in [3.05, 3.63) is 29.8 Å². The highest BCUT2D eigenvalue weighted by Crippen LogP contribution is 2.42. The maximum Gasteiger partial charge on any atom is 0.266 e. The van der Waals surface area contributed by atoms with Gasteiger partial charge >= 0.3 is 0 Å². The fourth-order valence-corrected chi connectivity index (χ4v) is 3.49. The first-order valence-corrected chi connectivity index (χ1v) is 8.13. The van der Waals surface area contributed by atoms with Gasteiger partial charge in [-0.25, -0.2) is 0 Å². The molecule has 0 bridgehead atoms. The zero-order valence-electron chi connectivity index (χ0n) is 11.6.